The molecule has 0 bridgehead atoms. The first kappa shape index (κ1) is 12.4. The minimum Gasteiger partial charge on any atom is -0.312 e. The molecule has 0 unspecified atom stereocenters. The van der Waals surface area contributed by atoms with E-state index in [9.17, 15) is 13.2 Å². The van der Waals surface area contributed by atoms with Crippen molar-refractivity contribution >= 4 is 31.3 Å². The number of hydrogen-bond acceptors (Lipinski definition) is 3. The SMILES string of the molecule is Cc1ccc(N2CCCC2=O)cc1S(=O)(=O)Cl. The highest BCUT2D eigenvalue weighted by Gasteiger charge is 2.23. The molecule has 1 aliphatic rings. The van der Waals surface area contributed by atoms with Crippen molar-refractivity contribution in [3.63, 3.8) is 0 Å². The zero-order valence-corrected chi connectivity index (χ0v) is 10.9. The molecule has 6 heteroatoms. The third-order valence-corrected chi connectivity index (χ3v) is 4.28. The molecule has 17 heavy (non-hydrogen) atoms. The Morgan fingerprint density at radius 2 is 2.06 bits per heavy atom. The van der Waals surface area contributed by atoms with Gasteiger partial charge in [-0.15, -0.1) is 0 Å². The molecule has 0 aromatic heterocycles. The van der Waals surface area contributed by atoms with Crippen LogP contribution >= 0.6 is 10.7 Å². The third kappa shape index (κ3) is 2.45. The number of hydrogen-bond donors (Lipinski definition) is 0. The Morgan fingerprint density at radius 1 is 1.35 bits per heavy atom. The number of carbonyl (C=O) groups is 1. The second kappa shape index (κ2) is 4.31. The minimum atomic E-state index is -3.77. The van der Waals surface area contributed by atoms with Gasteiger partial charge in [0.15, 0.2) is 0 Å². The van der Waals surface area contributed by atoms with E-state index in [0.29, 0.717) is 24.2 Å². The number of amides is 1. The number of aryl methyl sites for hydroxylation is 1. The van der Waals surface area contributed by atoms with Crippen LogP contribution in [0.15, 0.2) is 23.1 Å². The predicted molar refractivity (Wildman–Crippen MR) is 65.8 cm³/mol. The smallest absolute Gasteiger partial charge is 0.261 e. The number of carbonyl (C=O) groups excluding carboxylic acids is 1. The van der Waals surface area contributed by atoms with Gasteiger partial charge in [-0.25, -0.2) is 8.42 Å². The lowest BCUT2D eigenvalue weighted by Crippen LogP contribution is -2.23. The van der Waals surface area contributed by atoms with E-state index < -0.39 is 9.05 Å². The zero-order chi connectivity index (χ0) is 12.6. The lowest BCUT2D eigenvalue weighted by molar-refractivity contribution is -0.117. The Labute approximate surface area is 105 Å². The van der Waals surface area contributed by atoms with Crippen molar-refractivity contribution in [1.82, 2.24) is 0 Å². The van der Waals surface area contributed by atoms with E-state index in [1.165, 1.54) is 6.07 Å². The molecule has 1 fully saturated rings. The van der Waals surface area contributed by atoms with Crippen molar-refractivity contribution in [2.45, 2.75) is 24.7 Å². The average Bonchev–Trinajstić information content (AvgIpc) is 2.63. The van der Waals surface area contributed by atoms with Crippen LogP contribution in [0.4, 0.5) is 5.69 Å². The van der Waals surface area contributed by atoms with Gasteiger partial charge in [-0.3, -0.25) is 4.79 Å². The molecule has 1 aromatic carbocycles. The molecule has 2 rings (SSSR count). The summed E-state index contributed by atoms with van der Waals surface area (Å²) in [6.45, 7) is 2.30. The summed E-state index contributed by atoms with van der Waals surface area (Å²) in [5.41, 5.74) is 1.17. The van der Waals surface area contributed by atoms with Crippen molar-refractivity contribution in [1.29, 1.82) is 0 Å². The highest BCUT2D eigenvalue weighted by atomic mass is 35.7. The highest BCUT2D eigenvalue weighted by molar-refractivity contribution is 8.13. The van der Waals surface area contributed by atoms with Gasteiger partial charge in [-0.2, -0.15) is 0 Å². The maximum absolute atomic E-state index is 11.6. The van der Waals surface area contributed by atoms with E-state index in [-0.39, 0.29) is 10.8 Å². The van der Waals surface area contributed by atoms with E-state index in [2.05, 4.69) is 0 Å². The van der Waals surface area contributed by atoms with Crippen LogP contribution in [0, 0.1) is 6.92 Å². The Kier molecular flexibility index (Phi) is 3.14. The number of rotatable bonds is 2. The fourth-order valence-electron chi connectivity index (χ4n) is 1.94. The number of benzene rings is 1. The molecule has 0 radical (unpaired) electrons. The van der Waals surface area contributed by atoms with E-state index in [4.69, 9.17) is 10.7 Å². The molecule has 1 aliphatic heterocycles. The van der Waals surface area contributed by atoms with Crippen LogP contribution in [0.25, 0.3) is 0 Å². The monoisotopic (exact) mass is 273 g/mol. The van der Waals surface area contributed by atoms with E-state index in [0.717, 1.165) is 6.42 Å². The Morgan fingerprint density at radius 3 is 2.59 bits per heavy atom. The van der Waals surface area contributed by atoms with Crippen LogP contribution in [-0.4, -0.2) is 20.9 Å². The van der Waals surface area contributed by atoms with E-state index >= 15 is 0 Å². The van der Waals surface area contributed by atoms with Crippen LogP contribution in [0.5, 0.6) is 0 Å². The Hall–Kier alpha value is -1.07. The maximum atomic E-state index is 11.6. The molecule has 0 N–H and O–H groups in total. The van der Waals surface area contributed by atoms with Crippen molar-refractivity contribution < 1.29 is 13.2 Å². The fourth-order valence-corrected chi connectivity index (χ4v) is 3.15. The van der Waals surface area contributed by atoms with Crippen LogP contribution in [0.1, 0.15) is 18.4 Å². The van der Waals surface area contributed by atoms with Gasteiger partial charge in [0.05, 0.1) is 4.90 Å². The van der Waals surface area contributed by atoms with E-state index in [1.807, 2.05) is 0 Å². The van der Waals surface area contributed by atoms with Crippen molar-refractivity contribution in [2.24, 2.45) is 0 Å². The number of halogens is 1. The van der Waals surface area contributed by atoms with Gasteiger partial charge in [-0.1, -0.05) is 6.07 Å². The second-order valence-electron chi connectivity index (χ2n) is 4.04. The molecule has 0 atom stereocenters. The molecular formula is C11H12ClNO3S. The summed E-state index contributed by atoms with van der Waals surface area (Å²) in [5, 5.41) is 0. The molecule has 1 saturated heterocycles. The standard InChI is InChI=1S/C11H12ClNO3S/c1-8-4-5-9(7-10(8)17(12,15)16)13-6-2-3-11(13)14/h4-5,7H,2-3,6H2,1H3. The second-order valence-corrected chi connectivity index (χ2v) is 6.57. The quantitative estimate of drug-likeness (QED) is 0.775. The first-order valence-electron chi connectivity index (χ1n) is 5.25. The van der Waals surface area contributed by atoms with Gasteiger partial charge in [0, 0.05) is 29.3 Å². The normalized spacial score (nSPS) is 16.6. The molecule has 0 spiro atoms. The molecular weight excluding hydrogens is 262 g/mol. The first-order valence-corrected chi connectivity index (χ1v) is 7.56. The van der Waals surface area contributed by atoms with Crippen molar-refractivity contribution in [3.8, 4) is 0 Å². The van der Waals surface area contributed by atoms with Gasteiger partial charge in [0.1, 0.15) is 0 Å². The maximum Gasteiger partial charge on any atom is 0.261 e. The van der Waals surface area contributed by atoms with Gasteiger partial charge in [-0.05, 0) is 31.0 Å². The molecule has 1 aromatic rings. The summed E-state index contributed by atoms with van der Waals surface area (Å²) < 4.78 is 22.7. The van der Waals surface area contributed by atoms with Crippen LogP contribution in [0.3, 0.4) is 0 Å². The van der Waals surface area contributed by atoms with E-state index in [1.54, 1.807) is 24.0 Å². The summed E-state index contributed by atoms with van der Waals surface area (Å²) in [6, 6.07) is 4.86. The van der Waals surface area contributed by atoms with Crippen LogP contribution in [-0.2, 0) is 13.8 Å². The summed E-state index contributed by atoms with van der Waals surface area (Å²) in [4.78, 5) is 13.2. The molecule has 1 amide bonds. The molecule has 0 saturated carbocycles. The highest BCUT2D eigenvalue weighted by Crippen LogP contribution is 2.28. The van der Waals surface area contributed by atoms with Gasteiger partial charge in [0.25, 0.3) is 9.05 Å². The average molecular weight is 274 g/mol. The van der Waals surface area contributed by atoms with Crippen molar-refractivity contribution in [3.05, 3.63) is 23.8 Å². The third-order valence-electron chi connectivity index (χ3n) is 2.82. The van der Waals surface area contributed by atoms with Crippen LogP contribution in [0.2, 0.25) is 0 Å². The largest absolute Gasteiger partial charge is 0.312 e. The molecule has 92 valence electrons. The van der Waals surface area contributed by atoms with Gasteiger partial charge in [0.2, 0.25) is 5.91 Å². The molecule has 1 heterocycles. The molecule has 4 nitrogen and oxygen atoms in total. The molecule has 0 aliphatic carbocycles. The number of anilines is 1. The first-order chi connectivity index (χ1) is 7.89. The minimum absolute atomic E-state index is 0.0202. The Bertz CT molecular complexity index is 568. The van der Waals surface area contributed by atoms with Gasteiger partial charge < -0.3 is 4.90 Å². The zero-order valence-electron chi connectivity index (χ0n) is 9.31. The number of nitrogens with zero attached hydrogens (tertiary/aromatic N) is 1. The lowest BCUT2D eigenvalue weighted by Gasteiger charge is -2.16. The predicted octanol–water partition coefficient (Wildman–Crippen LogP) is 2.05. The Balaban J connectivity index is 2.48. The summed E-state index contributed by atoms with van der Waals surface area (Å²) in [7, 11) is 1.58. The lowest BCUT2D eigenvalue weighted by atomic mass is 10.2. The summed E-state index contributed by atoms with van der Waals surface area (Å²) in [6.07, 6.45) is 1.31. The fraction of sp³-hybridized carbons (Fsp3) is 0.364. The van der Waals surface area contributed by atoms with Gasteiger partial charge >= 0.3 is 0 Å². The topological polar surface area (TPSA) is 54.5 Å². The van der Waals surface area contributed by atoms with Crippen molar-refractivity contribution in [2.75, 3.05) is 11.4 Å². The summed E-state index contributed by atoms with van der Waals surface area (Å²) >= 11 is 0. The summed E-state index contributed by atoms with van der Waals surface area (Å²) in [5.74, 6) is 0.0202. The van der Waals surface area contributed by atoms with Crippen LogP contribution < -0.4 is 4.90 Å².